The molecule has 0 radical (unpaired) electrons. The molecule has 1 aromatic carbocycles. The lowest BCUT2D eigenvalue weighted by atomic mass is 10.1. The van der Waals surface area contributed by atoms with Crippen molar-refractivity contribution in [1.82, 2.24) is 9.62 Å². The standard InChI is InChI=1S/C15H21BrN2O2S/c16-13-3-1-2-12(10-13)11-18-8-6-14(7-9-18)17-21(19,20)15-4-5-15/h1-3,10,14-15,17H,4-9,11H2. The van der Waals surface area contributed by atoms with E-state index >= 15 is 0 Å². The highest BCUT2D eigenvalue weighted by Gasteiger charge is 2.37. The number of nitrogens with zero attached hydrogens (tertiary/aromatic N) is 1. The second kappa shape index (κ2) is 6.36. The van der Waals surface area contributed by atoms with Crippen LogP contribution in [0.25, 0.3) is 0 Å². The molecule has 1 N–H and O–H groups in total. The zero-order chi connectivity index (χ0) is 14.9. The molecule has 116 valence electrons. The number of hydrogen-bond acceptors (Lipinski definition) is 3. The van der Waals surface area contributed by atoms with Crippen LogP contribution in [0.4, 0.5) is 0 Å². The molecule has 0 aromatic heterocycles. The van der Waals surface area contributed by atoms with E-state index in [2.05, 4.69) is 43.8 Å². The van der Waals surface area contributed by atoms with Crippen LogP contribution in [0.2, 0.25) is 0 Å². The van der Waals surface area contributed by atoms with E-state index in [9.17, 15) is 8.42 Å². The second-order valence-corrected chi connectivity index (χ2v) is 8.95. The Kier molecular flexibility index (Phi) is 4.69. The van der Waals surface area contributed by atoms with Gasteiger partial charge in [0.15, 0.2) is 0 Å². The molecule has 0 amide bonds. The Balaban J connectivity index is 1.49. The normalized spacial score (nSPS) is 21.6. The molecule has 1 heterocycles. The SMILES string of the molecule is O=S(=O)(NC1CCN(Cc2cccc(Br)c2)CC1)C1CC1. The van der Waals surface area contributed by atoms with Crippen LogP contribution in [0.3, 0.4) is 0 Å². The third kappa shape index (κ3) is 4.28. The number of piperidine rings is 1. The zero-order valence-electron chi connectivity index (χ0n) is 12.0. The Morgan fingerprint density at radius 3 is 2.52 bits per heavy atom. The molecule has 1 aliphatic heterocycles. The van der Waals surface area contributed by atoms with Crippen LogP contribution in [0, 0.1) is 0 Å². The predicted octanol–water partition coefficient (Wildman–Crippen LogP) is 2.50. The maximum absolute atomic E-state index is 11.9. The number of sulfonamides is 1. The maximum Gasteiger partial charge on any atom is 0.214 e. The lowest BCUT2D eigenvalue weighted by Crippen LogP contribution is -2.45. The van der Waals surface area contributed by atoms with Gasteiger partial charge in [-0.25, -0.2) is 13.1 Å². The van der Waals surface area contributed by atoms with Crippen molar-refractivity contribution in [3.63, 3.8) is 0 Å². The Bertz CT molecular complexity index is 593. The van der Waals surface area contributed by atoms with Crippen LogP contribution in [-0.4, -0.2) is 37.7 Å². The summed E-state index contributed by atoms with van der Waals surface area (Å²) in [7, 11) is -3.04. The first kappa shape index (κ1) is 15.5. The van der Waals surface area contributed by atoms with Gasteiger partial charge < -0.3 is 0 Å². The second-order valence-electron chi connectivity index (χ2n) is 6.04. The van der Waals surface area contributed by atoms with Crippen molar-refractivity contribution in [2.45, 2.75) is 43.5 Å². The number of rotatable bonds is 5. The molecule has 3 rings (SSSR count). The molecule has 0 bridgehead atoms. The fraction of sp³-hybridized carbons (Fsp3) is 0.600. The molecule has 1 aliphatic carbocycles. The van der Waals surface area contributed by atoms with Gasteiger partial charge in [-0.3, -0.25) is 4.90 Å². The minimum absolute atomic E-state index is 0.114. The average molecular weight is 373 g/mol. The summed E-state index contributed by atoms with van der Waals surface area (Å²) in [5, 5.41) is -0.114. The van der Waals surface area contributed by atoms with Gasteiger partial charge in [-0.05, 0) is 43.4 Å². The highest BCUT2D eigenvalue weighted by molar-refractivity contribution is 9.10. The maximum atomic E-state index is 11.9. The molecule has 0 atom stereocenters. The third-order valence-corrected chi connectivity index (χ3v) is 6.68. The quantitative estimate of drug-likeness (QED) is 0.863. The van der Waals surface area contributed by atoms with Crippen LogP contribution in [-0.2, 0) is 16.6 Å². The summed E-state index contributed by atoms with van der Waals surface area (Å²) in [6, 6.07) is 8.47. The highest BCUT2D eigenvalue weighted by atomic mass is 79.9. The van der Waals surface area contributed by atoms with Crippen molar-refractivity contribution in [1.29, 1.82) is 0 Å². The summed E-state index contributed by atoms with van der Waals surface area (Å²) in [4.78, 5) is 2.39. The molecule has 0 spiro atoms. The zero-order valence-corrected chi connectivity index (χ0v) is 14.4. The fourth-order valence-electron chi connectivity index (χ4n) is 2.81. The summed E-state index contributed by atoms with van der Waals surface area (Å²) < 4.78 is 27.9. The predicted molar refractivity (Wildman–Crippen MR) is 87.5 cm³/mol. The molecule has 1 saturated carbocycles. The Morgan fingerprint density at radius 2 is 1.90 bits per heavy atom. The Labute approximate surface area is 135 Å². The van der Waals surface area contributed by atoms with Gasteiger partial charge in [0.1, 0.15) is 0 Å². The first-order valence-electron chi connectivity index (χ1n) is 7.51. The molecule has 2 fully saturated rings. The van der Waals surface area contributed by atoms with E-state index in [1.807, 2.05) is 6.07 Å². The van der Waals surface area contributed by atoms with Gasteiger partial charge in [-0.2, -0.15) is 0 Å². The lowest BCUT2D eigenvalue weighted by molar-refractivity contribution is 0.200. The molecular formula is C15H21BrN2O2S. The van der Waals surface area contributed by atoms with E-state index < -0.39 is 10.0 Å². The number of benzene rings is 1. The van der Waals surface area contributed by atoms with Crippen molar-refractivity contribution >= 4 is 26.0 Å². The summed E-state index contributed by atoms with van der Waals surface area (Å²) in [6.07, 6.45) is 3.47. The van der Waals surface area contributed by atoms with E-state index in [1.54, 1.807) is 0 Å². The molecule has 1 aromatic rings. The molecule has 4 nitrogen and oxygen atoms in total. The van der Waals surface area contributed by atoms with Crippen molar-refractivity contribution < 1.29 is 8.42 Å². The summed E-state index contributed by atoms with van der Waals surface area (Å²) in [6.45, 7) is 2.83. The first-order chi connectivity index (χ1) is 10.0. The number of halogens is 1. The van der Waals surface area contributed by atoms with Gasteiger partial charge in [0, 0.05) is 30.1 Å². The fourth-order valence-corrected chi connectivity index (χ4v) is 4.91. The van der Waals surface area contributed by atoms with Gasteiger partial charge in [0.2, 0.25) is 10.0 Å². The van der Waals surface area contributed by atoms with E-state index in [0.717, 1.165) is 49.8 Å². The molecular weight excluding hydrogens is 352 g/mol. The van der Waals surface area contributed by atoms with Crippen LogP contribution >= 0.6 is 15.9 Å². The van der Waals surface area contributed by atoms with E-state index in [1.165, 1.54) is 5.56 Å². The Morgan fingerprint density at radius 1 is 1.19 bits per heavy atom. The molecule has 0 unspecified atom stereocenters. The van der Waals surface area contributed by atoms with E-state index in [4.69, 9.17) is 0 Å². The van der Waals surface area contributed by atoms with Gasteiger partial charge in [0.25, 0.3) is 0 Å². The third-order valence-electron chi connectivity index (χ3n) is 4.18. The van der Waals surface area contributed by atoms with Crippen LogP contribution in [0.1, 0.15) is 31.2 Å². The molecule has 21 heavy (non-hydrogen) atoms. The van der Waals surface area contributed by atoms with Gasteiger partial charge in [0.05, 0.1) is 5.25 Å². The largest absolute Gasteiger partial charge is 0.299 e. The minimum atomic E-state index is -3.04. The molecule has 1 saturated heterocycles. The summed E-state index contributed by atoms with van der Waals surface area (Å²) in [5.41, 5.74) is 1.29. The smallest absolute Gasteiger partial charge is 0.214 e. The Hall–Kier alpha value is -0.430. The van der Waals surface area contributed by atoms with E-state index in [-0.39, 0.29) is 11.3 Å². The van der Waals surface area contributed by atoms with Gasteiger partial charge in [-0.15, -0.1) is 0 Å². The van der Waals surface area contributed by atoms with Crippen molar-refractivity contribution in [2.75, 3.05) is 13.1 Å². The summed E-state index contributed by atoms with van der Waals surface area (Å²) >= 11 is 3.49. The van der Waals surface area contributed by atoms with E-state index in [0.29, 0.717) is 0 Å². The summed E-state index contributed by atoms with van der Waals surface area (Å²) in [5.74, 6) is 0. The topological polar surface area (TPSA) is 49.4 Å². The van der Waals surface area contributed by atoms with Crippen molar-refractivity contribution in [2.24, 2.45) is 0 Å². The van der Waals surface area contributed by atoms with Crippen LogP contribution in [0.5, 0.6) is 0 Å². The van der Waals surface area contributed by atoms with Crippen LogP contribution < -0.4 is 4.72 Å². The monoisotopic (exact) mass is 372 g/mol. The van der Waals surface area contributed by atoms with Crippen molar-refractivity contribution in [3.8, 4) is 0 Å². The van der Waals surface area contributed by atoms with Gasteiger partial charge >= 0.3 is 0 Å². The van der Waals surface area contributed by atoms with Crippen LogP contribution in [0.15, 0.2) is 28.7 Å². The number of likely N-dealkylation sites (tertiary alicyclic amines) is 1. The van der Waals surface area contributed by atoms with Crippen molar-refractivity contribution in [3.05, 3.63) is 34.3 Å². The van der Waals surface area contributed by atoms with Gasteiger partial charge in [-0.1, -0.05) is 28.1 Å². The number of hydrogen-bond donors (Lipinski definition) is 1. The minimum Gasteiger partial charge on any atom is -0.299 e. The molecule has 6 heteroatoms. The highest BCUT2D eigenvalue weighted by Crippen LogP contribution is 2.28. The average Bonchev–Trinajstić information content (AvgIpc) is 3.25. The first-order valence-corrected chi connectivity index (χ1v) is 9.85. The molecule has 2 aliphatic rings. The number of nitrogens with one attached hydrogen (secondary N) is 1. The lowest BCUT2D eigenvalue weighted by Gasteiger charge is -2.32.